The first-order valence-corrected chi connectivity index (χ1v) is 10.4. The van der Waals surface area contributed by atoms with Crippen molar-refractivity contribution in [3.05, 3.63) is 12.2 Å². The fourth-order valence-electron chi connectivity index (χ4n) is 3.36. The van der Waals surface area contributed by atoms with Crippen LogP contribution in [0.1, 0.15) is 0 Å². The van der Waals surface area contributed by atoms with Crippen LogP contribution in [0.4, 0.5) is 0 Å². The smallest absolute Gasteiger partial charge is 0.317 e. The molecular weight excluding hydrogens is 418 g/mol. The second-order valence-electron chi connectivity index (χ2n) is 7.50. The molecule has 0 aromatic heterocycles. The van der Waals surface area contributed by atoms with Crippen LogP contribution >= 0.6 is 0 Å². The monoisotopic (exact) mass is 451 g/mol. The Bertz CT molecular complexity index is 701. The third kappa shape index (κ3) is 12.2. The maximum absolute atomic E-state index is 11.3. The van der Waals surface area contributed by atoms with Crippen LogP contribution in [0.2, 0.25) is 0 Å². The third-order valence-corrected chi connectivity index (χ3v) is 5.05. The molecule has 0 radical (unpaired) electrons. The van der Waals surface area contributed by atoms with Crippen LogP contribution in [0.15, 0.2) is 17.1 Å². The van der Waals surface area contributed by atoms with Crippen LogP contribution in [-0.4, -0.2) is 144 Å². The summed E-state index contributed by atoms with van der Waals surface area (Å²) in [6.07, 6.45) is 8.58. The van der Waals surface area contributed by atoms with Crippen LogP contribution in [-0.2, 0) is 14.4 Å². The van der Waals surface area contributed by atoms with Crippen molar-refractivity contribution < 1.29 is 29.7 Å². The van der Waals surface area contributed by atoms with Gasteiger partial charge < -0.3 is 15.3 Å². The Morgan fingerprint density at radius 1 is 0.750 bits per heavy atom. The van der Waals surface area contributed by atoms with E-state index in [9.17, 15) is 29.7 Å². The number of aliphatic carboxylic acids is 3. The van der Waals surface area contributed by atoms with E-state index in [2.05, 4.69) is 15.8 Å². The van der Waals surface area contributed by atoms with Crippen molar-refractivity contribution in [2.45, 2.75) is 0 Å². The van der Waals surface area contributed by atoms with Crippen molar-refractivity contribution in [1.82, 2.24) is 19.6 Å². The molecule has 0 unspecified atom stereocenters. The number of carboxylic acid groups (broad SMARTS) is 3. The highest BCUT2D eigenvalue weighted by atomic mass is 16.4. The number of terminal acetylenes is 1. The molecule has 0 bridgehead atoms. The molecular formula is C21H33N5O6. The summed E-state index contributed by atoms with van der Waals surface area (Å²) in [7, 11) is 1.66. The fraction of sp³-hybridized carbons (Fsp3) is 0.619. The Hall–Kier alpha value is -2.78. The van der Waals surface area contributed by atoms with Gasteiger partial charge in [-0.15, -0.1) is 6.42 Å². The topological polar surface area (TPSA) is 137 Å². The van der Waals surface area contributed by atoms with E-state index in [4.69, 9.17) is 6.42 Å². The molecule has 1 aliphatic rings. The molecule has 32 heavy (non-hydrogen) atoms. The lowest BCUT2D eigenvalue weighted by molar-refractivity contribution is -0.140. The largest absolute Gasteiger partial charge is 0.480 e. The van der Waals surface area contributed by atoms with Gasteiger partial charge in [-0.3, -0.25) is 39.0 Å². The van der Waals surface area contributed by atoms with E-state index in [0.717, 1.165) is 5.71 Å². The minimum Gasteiger partial charge on any atom is -0.480 e. The average Bonchev–Trinajstić information content (AvgIpc) is 2.71. The second-order valence-corrected chi connectivity index (χ2v) is 7.50. The molecule has 178 valence electrons. The van der Waals surface area contributed by atoms with E-state index >= 15 is 0 Å². The summed E-state index contributed by atoms with van der Waals surface area (Å²) in [5.41, 5.74) is 0.761. The van der Waals surface area contributed by atoms with Gasteiger partial charge in [0, 0.05) is 71.7 Å². The predicted octanol–water partition coefficient (Wildman–Crippen LogP) is -1.28. The molecule has 1 heterocycles. The van der Waals surface area contributed by atoms with Crippen molar-refractivity contribution in [3.8, 4) is 12.3 Å². The zero-order valence-corrected chi connectivity index (χ0v) is 18.5. The third-order valence-electron chi connectivity index (χ3n) is 5.05. The molecule has 0 saturated carbocycles. The summed E-state index contributed by atoms with van der Waals surface area (Å²) >= 11 is 0. The first-order valence-electron chi connectivity index (χ1n) is 10.4. The van der Waals surface area contributed by atoms with Crippen molar-refractivity contribution in [3.63, 3.8) is 0 Å². The molecule has 3 N–H and O–H groups in total. The maximum Gasteiger partial charge on any atom is 0.317 e. The average molecular weight is 452 g/mol. The van der Waals surface area contributed by atoms with E-state index in [1.165, 1.54) is 0 Å². The normalized spacial score (nSPS) is 19.2. The number of nitrogens with zero attached hydrogens (tertiary/aromatic N) is 5. The van der Waals surface area contributed by atoms with E-state index in [1.807, 2.05) is 0 Å². The van der Waals surface area contributed by atoms with Gasteiger partial charge in [0.05, 0.1) is 19.6 Å². The molecule has 1 rings (SSSR count). The van der Waals surface area contributed by atoms with E-state index in [-0.39, 0.29) is 19.6 Å². The second kappa shape index (κ2) is 15.1. The lowest BCUT2D eigenvalue weighted by Crippen LogP contribution is -2.49. The van der Waals surface area contributed by atoms with Gasteiger partial charge in [-0.2, -0.15) is 0 Å². The molecule has 11 heteroatoms. The van der Waals surface area contributed by atoms with E-state index < -0.39 is 17.9 Å². The molecule has 1 aliphatic heterocycles. The highest BCUT2D eigenvalue weighted by Crippen LogP contribution is 2.02. The van der Waals surface area contributed by atoms with Crippen LogP contribution in [0.5, 0.6) is 0 Å². The van der Waals surface area contributed by atoms with Crippen LogP contribution in [0.25, 0.3) is 0 Å². The highest BCUT2D eigenvalue weighted by molar-refractivity contribution is 5.96. The van der Waals surface area contributed by atoms with E-state index in [0.29, 0.717) is 58.9 Å². The molecule has 0 aromatic carbocycles. The van der Waals surface area contributed by atoms with Gasteiger partial charge in [0.15, 0.2) is 0 Å². The van der Waals surface area contributed by atoms with Gasteiger partial charge in [0.2, 0.25) is 0 Å². The van der Waals surface area contributed by atoms with Crippen molar-refractivity contribution in [1.29, 1.82) is 0 Å². The Morgan fingerprint density at radius 3 is 1.31 bits per heavy atom. The first kappa shape index (κ1) is 27.3. The molecule has 0 atom stereocenters. The van der Waals surface area contributed by atoms with Gasteiger partial charge >= 0.3 is 17.9 Å². The number of aliphatic imine (C=N–C) groups is 1. The minimum atomic E-state index is -0.982. The van der Waals surface area contributed by atoms with Crippen LogP contribution < -0.4 is 0 Å². The molecule has 0 aliphatic carbocycles. The summed E-state index contributed by atoms with van der Waals surface area (Å²) < 4.78 is 0. The molecule has 1 fully saturated rings. The van der Waals surface area contributed by atoms with Gasteiger partial charge in [-0.05, 0) is 12.2 Å². The molecule has 0 aromatic rings. The lowest BCUT2D eigenvalue weighted by Gasteiger charge is -2.33. The Balaban J connectivity index is 3.02. The number of rotatable bonds is 9. The predicted molar refractivity (Wildman–Crippen MR) is 120 cm³/mol. The SMILES string of the molecule is C#C/C=C\C(CN1CCN(CC(=O)O)CCN(CC(=O)O)CCN(CC(=O)O)CC1)=NC. The first-order chi connectivity index (χ1) is 15.2. The van der Waals surface area contributed by atoms with Gasteiger partial charge in [-0.25, -0.2) is 0 Å². The summed E-state index contributed by atoms with van der Waals surface area (Å²) in [6, 6.07) is 0. The van der Waals surface area contributed by atoms with Gasteiger partial charge in [0.1, 0.15) is 0 Å². The summed E-state index contributed by atoms with van der Waals surface area (Å²) in [5, 5.41) is 27.7. The maximum atomic E-state index is 11.3. The number of carbonyl (C=O) groups is 3. The number of hydrogen-bond donors (Lipinski definition) is 3. The zero-order chi connectivity index (χ0) is 23.9. The Morgan fingerprint density at radius 2 is 1.06 bits per heavy atom. The number of hydrogen-bond acceptors (Lipinski definition) is 8. The van der Waals surface area contributed by atoms with Crippen molar-refractivity contribution >= 4 is 23.6 Å². The van der Waals surface area contributed by atoms with Crippen molar-refractivity contribution in [2.75, 3.05) is 85.6 Å². The standard InChI is InChI=1S/C21H33N5O6/c1-3-4-5-18(22-2)14-23-6-8-24(15-19(27)28)10-12-26(17-21(31)32)13-11-25(9-7-23)16-20(29)30/h1,4-5H,6-17H2,2H3,(H,27,28)(H,29,30)(H,31,32)/b5-4-,22-18?. The lowest BCUT2D eigenvalue weighted by atomic mass is 10.2. The summed E-state index contributed by atoms with van der Waals surface area (Å²) in [4.78, 5) is 45.4. The number of carboxylic acids is 3. The molecule has 0 amide bonds. The van der Waals surface area contributed by atoms with Gasteiger partial charge in [-0.1, -0.05) is 5.92 Å². The zero-order valence-electron chi connectivity index (χ0n) is 18.5. The van der Waals surface area contributed by atoms with Crippen molar-refractivity contribution in [2.24, 2.45) is 4.99 Å². The van der Waals surface area contributed by atoms with Crippen LogP contribution in [0.3, 0.4) is 0 Å². The van der Waals surface area contributed by atoms with Gasteiger partial charge in [0.25, 0.3) is 0 Å². The van der Waals surface area contributed by atoms with Crippen LogP contribution in [0, 0.1) is 12.3 Å². The molecule has 11 nitrogen and oxygen atoms in total. The highest BCUT2D eigenvalue weighted by Gasteiger charge is 2.20. The summed E-state index contributed by atoms with van der Waals surface area (Å²) in [5.74, 6) is -0.455. The minimum absolute atomic E-state index is 0.147. The molecule has 1 saturated heterocycles. The molecule has 0 spiro atoms. The fourth-order valence-corrected chi connectivity index (χ4v) is 3.36. The van der Waals surface area contributed by atoms with E-state index in [1.54, 1.807) is 33.9 Å². The Kier molecular flexibility index (Phi) is 12.9. The Labute approximate surface area is 188 Å². The quantitative estimate of drug-likeness (QED) is 0.287. The summed E-state index contributed by atoms with van der Waals surface area (Å²) in [6.45, 7) is 3.51. The number of allylic oxidation sites excluding steroid dienone is 1.